The quantitative estimate of drug-likeness (QED) is 0.0237. The Morgan fingerprint density at radius 2 is 1.06 bits per heavy atom. The average Bonchev–Trinajstić information content (AvgIpc) is 3.16. The highest BCUT2D eigenvalue weighted by Crippen LogP contribution is 2.43. The van der Waals surface area contributed by atoms with Crippen LogP contribution in [-0.4, -0.2) is 61.0 Å². The van der Waals surface area contributed by atoms with Crippen molar-refractivity contribution in [3.05, 3.63) is 60.8 Å². The Bertz CT molecular complexity index is 1070. The third kappa shape index (κ3) is 39.4. The van der Waals surface area contributed by atoms with Gasteiger partial charge in [-0.1, -0.05) is 125 Å². The number of aliphatic hydroxyl groups is 1. The molecule has 0 aliphatic rings. The van der Waals surface area contributed by atoms with Crippen LogP contribution < -0.4 is 5.73 Å². The zero-order valence-electron chi connectivity index (χ0n) is 33.6. The number of nitrogens with two attached hydrogens (primary N) is 1. The summed E-state index contributed by atoms with van der Waals surface area (Å²) in [6, 6.07) is 0. The normalized spacial score (nSPS) is 13.9. The van der Waals surface area contributed by atoms with Crippen molar-refractivity contribution in [3.63, 3.8) is 0 Å². The Morgan fingerprint density at radius 3 is 1.61 bits per heavy atom. The van der Waals surface area contributed by atoms with Crippen LogP contribution in [0.4, 0.5) is 0 Å². The molecule has 0 saturated carbocycles. The summed E-state index contributed by atoms with van der Waals surface area (Å²) < 4.78 is 32.6. The third-order valence-electron chi connectivity index (χ3n) is 8.43. The summed E-state index contributed by atoms with van der Waals surface area (Å²) in [4.78, 5) is 34.8. The lowest BCUT2D eigenvalue weighted by Crippen LogP contribution is -2.29. The number of aliphatic hydroxyl groups excluding tert-OH is 1. The molecule has 0 radical (unpaired) electrons. The second-order valence-corrected chi connectivity index (χ2v) is 15.0. The first kappa shape index (κ1) is 51.7. The van der Waals surface area contributed by atoms with E-state index >= 15 is 0 Å². The summed E-state index contributed by atoms with van der Waals surface area (Å²) in [5.74, 6) is -0.922. The van der Waals surface area contributed by atoms with Gasteiger partial charge in [0.2, 0.25) is 0 Å². The highest BCUT2D eigenvalue weighted by molar-refractivity contribution is 7.47. The lowest BCUT2D eigenvalue weighted by atomic mass is 10.1. The van der Waals surface area contributed by atoms with Crippen molar-refractivity contribution in [2.75, 3.05) is 33.0 Å². The van der Waals surface area contributed by atoms with Crippen molar-refractivity contribution in [2.45, 2.75) is 167 Å². The number of allylic oxidation sites excluding steroid dienone is 10. The predicted octanol–water partition coefficient (Wildman–Crippen LogP) is 10.7. The molecule has 1 unspecified atom stereocenters. The number of carbonyl (C=O) groups excluding carboxylic acids is 2. The van der Waals surface area contributed by atoms with Crippen LogP contribution in [0, 0.1) is 0 Å². The molecular weight excluding hydrogens is 705 g/mol. The van der Waals surface area contributed by atoms with E-state index in [1.165, 1.54) is 44.9 Å². The molecule has 0 bridgehead atoms. The molecule has 54 heavy (non-hydrogen) atoms. The van der Waals surface area contributed by atoms with E-state index in [1.807, 2.05) is 6.08 Å². The molecule has 0 aromatic carbocycles. The van der Waals surface area contributed by atoms with Gasteiger partial charge in [-0.2, -0.15) is 0 Å². The van der Waals surface area contributed by atoms with Crippen LogP contribution in [0.1, 0.15) is 161 Å². The number of hydrogen-bond donors (Lipinski definition) is 3. The summed E-state index contributed by atoms with van der Waals surface area (Å²) in [5.41, 5.74) is 5.33. The highest BCUT2D eigenvalue weighted by atomic mass is 31.2. The molecule has 0 fully saturated rings. The first-order valence-corrected chi connectivity index (χ1v) is 22.4. The number of esters is 2. The molecule has 0 aliphatic carbocycles. The number of unbranched alkanes of at least 4 members (excludes halogenated alkanes) is 15. The molecule has 0 spiro atoms. The van der Waals surface area contributed by atoms with Crippen molar-refractivity contribution in [1.82, 2.24) is 0 Å². The van der Waals surface area contributed by atoms with E-state index < -0.39 is 32.5 Å². The highest BCUT2D eigenvalue weighted by Gasteiger charge is 2.25. The molecule has 4 N–H and O–H groups in total. The van der Waals surface area contributed by atoms with E-state index in [4.69, 9.17) is 29.4 Å². The Morgan fingerprint density at radius 1 is 0.593 bits per heavy atom. The Labute approximate surface area is 328 Å². The molecule has 0 aromatic rings. The average molecular weight is 782 g/mol. The fraction of sp³-hybridized carbons (Fsp3) is 0.721. The predicted molar refractivity (Wildman–Crippen MR) is 221 cm³/mol. The van der Waals surface area contributed by atoms with E-state index in [0.29, 0.717) is 19.3 Å². The Balaban J connectivity index is 4.30. The minimum atomic E-state index is -4.40. The first-order valence-electron chi connectivity index (χ1n) is 20.9. The van der Waals surface area contributed by atoms with Gasteiger partial charge in [-0.05, 0) is 83.5 Å². The van der Waals surface area contributed by atoms with Gasteiger partial charge in [-0.25, -0.2) is 4.57 Å². The maximum absolute atomic E-state index is 12.5. The summed E-state index contributed by atoms with van der Waals surface area (Å²) in [5, 5.41) is 8.79. The van der Waals surface area contributed by atoms with Gasteiger partial charge in [0.25, 0.3) is 0 Å². The number of carbonyl (C=O) groups is 2. The van der Waals surface area contributed by atoms with E-state index in [0.717, 1.165) is 77.0 Å². The van der Waals surface area contributed by atoms with Gasteiger partial charge in [-0.15, -0.1) is 0 Å². The Hall–Kier alpha value is -2.33. The summed E-state index contributed by atoms with van der Waals surface area (Å²) in [6.45, 7) is 1.64. The lowest BCUT2D eigenvalue weighted by molar-refractivity contribution is -0.161. The van der Waals surface area contributed by atoms with E-state index in [9.17, 15) is 19.0 Å². The van der Waals surface area contributed by atoms with Crippen LogP contribution >= 0.6 is 7.82 Å². The van der Waals surface area contributed by atoms with E-state index in [-0.39, 0.29) is 39.2 Å². The SMILES string of the molecule is CCCCCCCC/C=C\CCCCCCCC(=O)OC[C@H](COP(=O)(O)OCCN)OC(=O)CCC/C=C\C/C=C\C/C=C\C/C=C\CCCCCO. The first-order chi connectivity index (χ1) is 26.3. The molecule has 0 heterocycles. The molecule has 312 valence electrons. The molecule has 0 amide bonds. The van der Waals surface area contributed by atoms with Crippen LogP contribution in [0.25, 0.3) is 0 Å². The fourth-order valence-electron chi connectivity index (χ4n) is 5.31. The summed E-state index contributed by atoms with van der Waals surface area (Å²) in [6.07, 6.45) is 44.1. The van der Waals surface area contributed by atoms with Gasteiger partial charge in [0.1, 0.15) is 6.61 Å². The second kappa shape index (κ2) is 40.3. The van der Waals surface area contributed by atoms with Gasteiger partial charge in [0.15, 0.2) is 6.10 Å². The second-order valence-electron chi connectivity index (χ2n) is 13.6. The molecule has 11 heteroatoms. The number of ether oxygens (including phenoxy) is 2. The largest absolute Gasteiger partial charge is 0.472 e. The molecule has 0 saturated heterocycles. The van der Waals surface area contributed by atoms with Gasteiger partial charge >= 0.3 is 19.8 Å². The number of phosphoric ester groups is 1. The maximum atomic E-state index is 12.5. The van der Waals surface area contributed by atoms with Crippen molar-refractivity contribution >= 4 is 19.8 Å². The third-order valence-corrected chi connectivity index (χ3v) is 9.41. The molecule has 0 rings (SSSR count). The monoisotopic (exact) mass is 782 g/mol. The molecule has 2 atom stereocenters. The lowest BCUT2D eigenvalue weighted by Gasteiger charge is -2.19. The van der Waals surface area contributed by atoms with Crippen LogP contribution in [0.3, 0.4) is 0 Å². The van der Waals surface area contributed by atoms with Crippen molar-refractivity contribution in [3.8, 4) is 0 Å². The maximum Gasteiger partial charge on any atom is 0.472 e. The summed E-state index contributed by atoms with van der Waals surface area (Å²) in [7, 11) is -4.40. The van der Waals surface area contributed by atoms with Gasteiger partial charge in [0, 0.05) is 26.0 Å². The summed E-state index contributed by atoms with van der Waals surface area (Å²) >= 11 is 0. The Kier molecular flexibility index (Phi) is 38.6. The molecule has 0 aromatic heterocycles. The number of phosphoric acid groups is 1. The van der Waals surface area contributed by atoms with E-state index in [2.05, 4.69) is 61.6 Å². The van der Waals surface area contributed by atoms with Gasteiger partial charge in [-0.3, -0.25) is 18.6 Å². The topological polar surface area (TPSA) is 155 Å². The van der Waals surface area contributed by atoms with Gasteiger partial charge < -0.3 is 25.2 Å². The smallest absolute Gasteiger partial charge is 0.462 e. The number of hydrogen-bond acceptors (Lipinski definition) is 9. The zero-order chi connectivity index (χ0) is 39.6. The molecule has 0 aliphatic heterocycles. The van der Waals surface area contributed by atoms with Crippen molar-refractivity contribution < 1.29 is 42.7 Å². The minimum Gasteiger partial charge on any atom is -0.462 e. The molecule has 10 nitrogen and oxygen atoms in total. The van der Waals surface area contributed by atoms with Crippen molar-refractivity contribution in [2.24, 2.45) is 5.73 Å². The number of rotatable bonds is 39. The van der Waals surface area contributed by atoms with Crippen LogP contribution in [0.2, 0.25) is 0 Å². The van der Waals surface area contributed by atoms with E-state index in [1.54, 1.807) is 0 Å². The fourth-order valence-corrected chi connectivity index (χ4v) is 6.07. The molecular formula is C43H76NO9P. The standard InChI is InChI=1S/C43H76NO9P/c1-2-3-4-5-6-7-8-9-13-16-19-22-25-28-31-34-42(46)50-39-41(40-52-54(48,49)51-38-36-44)53-43(47)35-32-29-26-23-20-17-14-11-10-12-15-18-21-24-27-30-33-37-45/h9-10,12-14,17-18,21,23,26,41,45H,2-8,11,15-16,19-20,22,24-25,27-40,44H2,1H3,(H,48,49)/b12-10-,13-9-,17-14-,21-18-,26-23-/t41-/m1/s1. The van der Waals surface area contributed by atoms with Crippen molar-refractivity contribution in [1.29, 1.82) is 0 Å². The van der Waals surface area contributed by atoms with Crippen LogP contribution in [0.15, 0.2) is 60.8 Å². The zero-order valence-corrected chi connectivity index (χ0v) is 34.5. The van der Waals surface area contributed by atoms with Crippen LogP contribution in [-0.2, 0) is 32.7 Å². The van der Waals surface area contributed by atoms with Gasteiger partial charge in [0.05, 0.1) is 13.2 Å². The van der Waals surface area contributed by atoms with Crippen LogP contribution in [0.5, 0.6) is 0 Å². The minimum absolute atomic E-state index is 0.0367.